The van der Waals surface area contributed by atoms with Crippen LogP contribution in [0.2, 0.25) is 0 Å². The largest absolute Gasteiger partial charge is 0.356 e. The number of nitrogens with one attached hydrogen (secondary N) is 1. The minimum atomic E-state index is 0.408. The first kappa shape index (κ1) is 14.3. The zero-order chi connectivity index (χ0) is 13.9. The van der Waals surface area contributed by atoms with Gasteiger partial charge in [-0.25, -0.2) is 4.98 Å². The van der Waals surface area contributed by atoms with Crippen LogP contribution in [0.25, 0.3) is 0 Å². The summed E-state index contributed by atoms with van der Waals surface area (Å²) in [6.45, 7) is 13.1. The Balaban J connectivity index is 2.16. The summed E-state index contributed by atoms with van der Waals surface area (Å²) in [7, 11) is 0. The lowest BCUT2D eigenvalue weighted by molar-refractivity contribution is 0.292. The molecule has 0 radical (unpaired) electrons. The first-order valence-corrected chi connectivity index (χ1v) is 7.43. The van der Waals surface area contributed by atoms with Crippen LogP contribution in [-0.2, 0) is 6.54 Å². The molecule has 1 aliphatic rings. The van der Waals surface area contributed by atoms with E-state index in [0.29, 0.717) is 5.41 Å². The molecule has 1 aromatic rings. The maximum absolute atomic E-state index is 4.73. The Morgan fingerprint density at radius 1 is 1.37 bits per heavy atom. The number of pyridine rings is 1. The molecule has 0 aliphatic carbocycles. The van der Waals surface area contributed by atoms with Gasteiger partial charge in [0.2, 0.25) is 0 Å². The second-order valence-corrected chi connectivity index (χ2v) is 6.44. The third-order valence-electron chi connectivity index (χ3n) is 3.80. The highest BCUT2D eigenvalue weighted by Crippen LogP contribution is 2.31. The zero-order valence-electron chi connectivity index (χ0n) is 12.8. The summed E-state index contributed by atoms with van der Waals surface area (Å²) >= 11 is 0. The highest BCUT2D eigenvalue weighted by Gasteiger charge is 2.27. The van der Waals surface area contributed by atoms with Gasteiger partial charge < -0.3 is 10.2 Å². The molecule has 2 rings (SSSR count). The van der Waals surface area contributed by atoms with Crippen LogP contribution in [0, 0.1) is 12.3 Å². The van der Waals surface area contributed by atoms with Crippen molar-refractivity contribution in [2.24, 2.45) is 5.41 Å². The SMILES string of the molecule is CCNCc1cc(C)nc(N2CCCC(C)(C)C2)c1. The highest BCUT2D eigenvalue weighted by atomic mass is 15.2. The van der Waals surface area contributed by atoms with Crippen LogP contribution in [0.3, 0.4) is 0 Å². The van der Waals surface area contributed by atoms with Crippen molar-refractivity contribution >= 4 is 5.82 Å². The molecule has 0 spiro atoms. The Morgan fingerprint density at radius 2 is 2.16 bits per heavy atom. The fraction of sp³-hybridized carbons (Fsp3) is 0.688. The monoisotopic (exact) mass is 261 g/mol. The number of piperidine rings is 1. The molecule has 0 saturated carbocycles. The number of hydrogen-bond donors (Lipinski definition) is 1. The van der Waals surface area contributed by atoms with E-state index in [1.54, 1.807) is 0 Å². The minimum absolute atomic E-state index is 0.408. The summed E-state index contributed by atoms with van der Waals surface area (Å²) in [4.78, 5) is 7.18. The molecule has 19 heavy (non-hydrogen) atoms. The van der Waals surface area contributed by atoms with E-state index in [2.05, 4.69) is 50.0 Å². The van der Waals surface area contributed by atoms with Crippen molar-refractivity contribution in [1.82, 2.24) is 10.3 Å². The van der Waals surface area contributed by atoms with Crippen molar-refractivity contribution in [3.05, 3.63) is 23.4 Å². The van der Waals surface area contributed by atoms with E-state index < -0.39 is 0 Å². The first-order chi connectivity index (χ1) is 9.00. The molecule has 1 aliphatic heterocycles. The Hall–Kier alpha value is -1.09. The number of hydrogen-bond acceptors (Lipinski definition) is 3. The van der Waals surface area contributed by atoms with Crippen molar-refractivity contribution in [3.8, 4) is 0 Å². The van der Waals surface area contributed by atoms with Gasteiger partial charge >= 0.3 is 0 Å². The van der Waals surface area contributed by atoms with Crippen molar-refractivity contribution in [1.29, 1.82) is 0 Å². The van der Waals surface area contributed by atoms with Gasteiger partial charge in [-0.2, -0.15) is 0 Å². The number of aromatic nitrogens is 1. The smallest absolute Gasteiger partial charge is 0.129 e. The van der Waals surface area contributed by atoms with E-state index >= 15 is 0 Å². The third kappa shape index (κ3) is 3.93. The minimum Gasteiger partial charge on any atom is -0.356 e. The number of rotatable bonds is 4. The van der Waals surface area contributed by atoms with E-state index in [-0.39, 0.29) is 0 Å². The van der Waals surface area contributed by atoms with Crippen molar-refractivity contribution in [3.63, 3.8) is 0 Å². The number of aryl methyl sites for hydroxylation is 1. The molecular weight excluding hydrogens is 234 g/mol. The molecule has 2 heterocycles. The van der Waals surface area contributed by atoms with Gasteiger partial charge in [-0.3, -0.25) is 0 Å². The van der Waals surface area contributed by atoms with Crippen molar-refractivity contribution in [2.75, 3.05) is 24.5 Å². The summed E-state index contributed by atoms with van der Waals surface area (Å²) in [5, 5.41) is 3.39. The lowest BCUT2D eigenvalue weighted by Crippen LogP contribution is -2.40. The average Bonchev–Trinajstić information content (AvgIpc) is 2.34. The molecule has 1 aromatic heterocycles. The summed E-state index contributed by atoms with van der Waals surface area (Å²) in [5.74, 6) is 1.15. The molecule has 1 fully saturated rings. The second kappa shape index (κ2) is 5.91. The van der Waals surface area contributed by atoms with Gasteiger partial charge in [-0.1, -0.05) is 20.8 Å². The third-order valence-corrected chi connectivity index (χ3v) is 3.80. The second-order valence-electron chi connectivity index (χ2n) is 6.44. The molecule has 0 bridgehead atoms. The van der Waals surface area contributed by atoms with E-state index in [9.17, 15) is 0 Å². The normalized spacial score (nSPS) is 18.6. The zero-order valence-corrected chi connectivity index (χ0v) is 12.8. The van der Waals surface area contributed by atoms with Gasteiger partial charge in [0.25, 0.3) is 0 Å². The summed E-state index contributed by atoms with van der Waals surface area (Å²) in [6, 6.07) is 4.43. The van der Waals surface area contributed by atoms with Gasteiger partial charge in [0.1, 0.15) is 5.82 Å². The number of anilines is 1. The number of nitrogens with zero attached hydrogens (tertiary/aromatic N) is 2. The molecular formula is C16H27N3. The van der Waals surface area contributed by atoms with Gasteiger partial charge in [-0.05, 0) is 49.4 Å². The van der Waals surface area contributed by atoms with Crippen molar-refractivity contribution in [2.45, 2.75) is 47.1 Å². The van der Waals surface area contributed by atoms with Crippen LogP contribution in [-0.4, -0.2) is 24.6 Å². The Bertz CT molecular complexity index is 426. The van der Waals surface area contributed by atoms with Crippen LogP contribution in [0.15, 0.2) is 12.1 Å². The molecule has 1 saturated heterocycles. The van der Waals surface area contributed by atoms with E-state index in [4.69, 9.17) is 4.98 Å². The average molecular weight is 261 g/mol. The van der Waals surface area contributed by atoms with Gasteiger partial charge in [0.15, 0.2) is 0 Å². The maximum Gasteiger partial charge on any atom is 0.129 e. The molecule has 3 heteroatoms. The van der Waals surface area contributed by atoms with Crippen LogP contribution in [0.5, 0.6) is 0 Å². The van der Waals surface area contributed by atoms with Crippen LogP contribution in [0.1, 0.15) is 44.9 Å². The molecule has 0 atom stereocenters. The molecule has 0 unspecified atom stereocenters. The van der Waals surface area contributed by atoms with Gasteiger partial charge in [0.05, 0.1) is 0 Å². The predicted molar refractivity (Wildman–Crippen MR) is 81.6 cm³/mol. The molecule has 106 valence electrons. The lowest BCUT2D eigenvalue weighted by Gasteiger charge is -2.39. The maximum atomic E-state index is 4.73. The van der Waals surface area contributed by atoms with Crippen LogP contribution < -0.4 is 10.2 Å². The predicted octanol–water partition coefficient (Wildman–Crippen LogP) is 3.13. The first-order valence-electron chi connectivity index (χ1n) is 7.43. The summed E-state index contributed by atoms with van der Waals surface area (Å²) < 4.78 is 0. The quantitative estimate of drug-likeness (QED) is 0.902. The van der Waals surface area contributed by atoms with Crippen LogP contribution in [0.4, 0.5) is 5.82 Å². The molecule has 0 aromatic carbocycles. The summed E-state index contributed by atoms with van der Waals surface area (Å²) in [5.41, 5.74) is 2.87. The van der Waals surface area contributed by atoms with Crippen molar-refractivity contribution < 1.29 is 0 Å². The molecule has 3 nitrogen and oxygen atoms in total. The Labute approximate surface area is 117 Å². The molecule has 0 amide bonds. The standard InChI is InChI=1S/C16H27N3/c1-5-17-11-14-9-13(2)18-15(10-14)19-8-6-7-16(3,4)12-19/h9-10,17H,5-8,11-12H2,1-4H3. The van der Waals surface area contributed by atoms with Crippen LogP contribution >= 0.6 is 0 Å². The summed E-state index contributed by atoms with van der Waals surface area (Å²) in [6.07, 6.45) is 2.59. The fourth-order valence-corrected chi connectivity index (χ4v) is 2.87. The highest BCUT2D eigenvalue weighted by molar-refractivity contribution is 5.43. The molecule has 1 N–H and O–H groups in total. The Kier molecular flexibility index (Phi) is 4.46. The fourth-order valence-electron chi connectivity index (χ4n) is 2.87. The van der Waals surface area contributed by atoms with Gasteiger partial charge in [-0.15, -0.1) is 0 Å². The van der Waals surface area contributed by atoms with E-state index in [1.165, 1.54) is 18.4 Å². The van der Waals surface area contributed by atoms with E-state index in [1.807, 2.05) is 0 Å². The van der Waals surface area contributed by atoms with Gasteiger partial charge in [0, 0.05) is 25.3 Å². The lowest BCUT2D eigenvalue weighted by atomic mass is 9.84. The Morgan fingerprint density at radius 3 is 2.84 bits per heavy atom. The van der Waals surface area contributed by atoms with E-state index in [0.717, 1.165) is 37.7 Å². The topological polar surface area (TPSA) is 28.2 Å².